The summed E-state index contributed by atoms with van der Waals surface area (Å²) in [6.07, 6.45) is 0.704. The van der Waals surface area contributed by atoms with Gasteiger partial charge in [0, 0.05) is 42.2 Å². The van der Waals surface area contributed by atoms with E-state index in [-0.39, 0.29) is 35.6 Å². The van der Waals surface area contributed by atoms with Gasteiger partial charge in [-0.15, -0.1) is 0 Å². The Morgan fingerprint density at radius 1 is 0.656 bits per heavy atom. The Morgan fingerprint density at radius 3 is 1.66 bits per heavy atom. The molecule has 3 aromatic heterocycles. The van der Waals surface area contributed by atoms with Crippen LogP contribution in [0.5, 0.6) is 0 Å². The minimum absolute atomic E-state index is 0.0257. The lowest BCUT2D eigenvalue weighted by molar-refractivity contribution is -0.140. The molecule has 6 aromatic rings. The summed E-state index contributed by atoms with van der Waals surface area (Å²) in [7, 11) is 2.41. The van der Waals surface area contributed by atoms with Gasteiger partial charge in [-0.1, -0.05) is 84.9 Å². The number of nitrogens with one attached hydrogen (secondary N) is 4. The molecule has 0 radical (unpaired) electrons. The molecule has 16 nitrogen and oxygen atoms in total. The summed E-state index contributed by atoms with van der Waals surface area (Å²) in [4.78, 5) is 79.3. The number of carbonyl (C=O) groups excluding carboxylic acids is 4. The number of benzene rings is 3. The molecule has 4 atom stereocenters. The number of methoxy groups -OCH3 is 2. The molecule has 2 aliphatic heterocycles. The van der Waals surface area contributed by atoms with Crippen molar-refractivity contribution in [2.75, 3.05) is 27.3 Å². The summed E-state index contributed by atoms with van der Waals surface area (Å²) in [6.45, 7) is 0.712. The van der Waals surface area contributed by atoms with Gasteiger partial charge in [0.1, 0.15) is 35.1 Å². The van der Waals surface area contributed by atoms with Crippen LogP contribution in [0.4, 0.5) is 22.8 Å². The van der Waals surface area contributed by atoms with Crippen molar-refractivity contribution in [1.29, 1.82) is 0 Å². The smallest absolute Gasteiger partial charge is 0.433 e. The van der Waals surface area contributed by atoms with Gasteiger partial charge in [-0.25, -0.2) is 29.5 Å². The number of imidazole rings is 2. The van der Waals surface area contributed by atoms with Crippen LogP contribution in [0.2, 0.25) is 0 Å². The second-order valence-corrected chi connectivity index (χ2v) is 15.2. The van der Waals surface area contributed by atoms with Crippen LogP contribution in [0.25, 0.3) is 33.9 Å². The van der Waals surface area contributed by atoms with Crippen molar-refractivity contribution in [2.24, 2.45) is 0 Å². The molecule has 64 heavy (non-hydrogen) atoms. The summed E-state index contributed by atoms with van der Waals surface area (Å²) < 4.78 is 53.2. The monoisotopic (exact) mass is 876 g/mol. The zero-order chi connectivity index (χ0) is 45.0. The standard InChI is InChI=1S/C45H43F3N10O6/c1-63-43(61)54-35(26-11-5-3-6-12-26)41(59)57-21-9-15-32(57)39-51-25-31(52-39)30-23-49-38(50-24-30)29-19-17-28(18-20-29)34-37(45(46,47)48)56-40(53-34)33-16-10-22-58(33)42(60)36(55-44(62)64-2)27-13-7-4-8-14-27/h3-8,11-14,17-20,23-25,32-33,35-36H,9-10,15-16,21-22H2,1-2H3,(H,51,52)(H,53,56)(H,54,61)(H,55,62)/t32-,33-,35?,36+/m0/s1. The highest BCUT2D eigenvalue weighted by molar-refractivity contribution is 5.88. The molecule has 0 bridgehead atoms. The summed E-state index contributed by atoms with van der Waals surface area (Å²) in [6, 6.07) is 20.4. The molecule has 0 aliphatic carbocycles. The molecule has 4 amide bonds. The van der Waals surface area contributed by atoms with Crippen LogP contribution < -0.4 is 10.6 Å². The molecule has 0 saturated carbocycles. The number of aromatic amines is 2. The van der Waals surface area contributed by atoms with E-state index in [0.29, 0.717) is 65.4 Å². The molecule has 3 aromatic carbocycles. The fraction of sp³-hybridized carbons (Fsp3) is 0.289. The van der Waals surface area contributed by atoms with Crippen LogP contribution in [0, 0.1) is 0 Å². The van der Waals surface area contributed by atoms with Gasteiger partial charge in [0.25, 0.3) is 11.8 Å². The molecular weight excluding hydrogens is 834 g/mol. The molecule has 2 saturated heterocycles. The number of hydrogen-bond donors (Lipinski definition) is 4. The molecule has 2 aliphatic rings. The van der Waals surface area contributed by atoms with Gasteiger partial charge in [-0.2, -0.15) is 13.2 Å². The van der Waals surface area contributed by atoms with Crippen LogP contribution in [0.15, 0.2) is 104 Å². The maximum atomic E-state index is 14.6. The van der Waals surface area contributed by atoms with Gasteiger partial charge in [0.05, 0.1) is 38.2 Å². The Bertz CT molecular complexity index is 2610. The van der Waals surface area contributed by atoms with Gasteiger partial charge in [-0.3, -0.25) is 9.59 Å². The number of nitrogens with zero attached hydrogens (tertiary/aromatic N) is 6. The largest absolute Gasteiger partial charge is 0.453 e. The highest BCUT2D eigenvalue weighted by atomic mass is 19.4. The third-order valence-electron chi connectivity index (χ3n) is 11.3. The second kappa shape index (κ2) is 18.4. The van der Waals surface area contributed by atoms with Gasteiger partial charge in [-0.05, 0) is 36.8 Å². The Kier molecular flexibility index (Phi) is 12.4. The first-order valence-electron chi connectivity index (χ1n) is 20.5. The number of likely N-dealkylation sites (tertiary alicyclic amines) is 2. The normalized spacial score (nSPS) is 17.1. The van der Waals surface area contributed by atoms with E-state index in [1.54, 1.807) is 90.2 Å². The molecule has 0 spiro atoms. The van der Waals surface area contributed by atoms with Gasteiger partial charge in [0.2, 0.25) is 0 Å². The summed E-state index contributed by atoms with van der Waals surface area (Å²) in [5.74, 6) is 0.0469. The molecule has 5 heterocycles. The van der Waals surface area contributed by atoms with Crippen molar-refractivity contribution in [3.05, 3.63) is 132 Å². The van der Waals surface area contributed by atoms with Gasteiger partial charge < -0.3 is 39.9 Å². The number of ether oxygens (including phenoxy) is 2. The molecule has 1 unspecified atom stereocenters. The first-order valence-corrected chi connectivity index (χ1v) is 20.5. The van der Waals surface area contributed by atoms with Gasteiger partial charge >= 0.3 is 18.4 Å². The Labute approximate surface area is 364 Å². The van der Waals surface area contributed by atoms with E-state index < -0.39 is 48.1 Å². The number of aromatic nitrogens is 6. The average molecular weight is 877 g/mol. The van der Waals surface area contributed by atoms with Crippen molar-refractivity contribution in [3.63, 3.8) is 0 Å². The van der Waals surface area contributed by atoms with E-state index in [1.165, 1.54) is 31.3 Å². The van der Waals surface area contributed by atoms with Crippen molar-refractivity contribution >= 4 is 24.0 Å². The zero-order valence-corrected chi connectivity index (χ0v) is 34.6. The molecule has 4 N–H and O–H groups in total. The minimum atomic E-state index is -4.80. The highest BCUT2D eigenvalue weighted by Gasteiger charge is 2.42. The second-order valence-electron chi connectivity index (χ2n) is 15.2. The van der Waals surface area contributed by atoms with E-state index in [9.17, 15) is 32.3 Å². The maximum Gasteiger partial charge on any atom is 0.433 e. The molecular formula is C45H43F3N10O6. The van der Waals surface area contributed by atoms with E-state index >= 15 is 0 Å². The summed E-state index contributed by atoms with van der Waals surface area (Å²) in [5, 5.41) is 5.21. The Balaban J connectivity index is 0.982. The lowest BCUT2D eigenvalue weighted by atomic mass is 10.1. The molecule has 19 heteroatoms. The van der Waals surface area contributed by atoms with Crippen molar-refractivity contribution in [1.82, 2.24) is 50.3 Å². The van der Waals surface area contributed by atoms with Crippen molar-refractivity contribution < 1.29 is 41.8 Å². The average Bonchev–Trinajstić information content (AvgIpc) is 4.17. The van der Waals surface area contributed by atoms with E-state index in [0.717, 1.165) is 6.42 Å². The first kappa shape index (κ1) is 43.1. The fourth-order valence-corrected chi connectivity index (χ4v) is 8.19. The lowest BCUT2D eigenvalue weighted by Gasteiger charge is -2.28. The molecule has 2 fully saturated rings. The highest BCUT2D eigenvalue weighted by Crippen LogP contribution is 2.41. The number of alkyl carbamates (subject to hydrolysis) is 2. The van der Waals surface area contributed by atoms with Crippen LogP contribution in [0.1, 0.15) is 78.3 Å². The topological polar surface area (TPSA) is 200 Å². The Morgan fingerprint density at radius 2 is 1.16 bits per heavy atom. The number of alkyl halides is 3. The van der Waals surface area contributed by atoms with Crippen LogP contribution in [-0.2, 0) is 25.2 Å². The van der Waals surface area contributed by atoms with Crippen LogP contribution >= 0.6 is 0 Å². The number of halogens is 3. The zero-order valence-electron chi connectivity index (χ0n) is 34.6. The third-order valence-corrected chi connectivity index (χ3v) is 11.3. The number of H-pyrrole nitrogens is 2. The summed E-state index contributed by atoms with van der Waals surface area (Å²) in [5.41, 5.74) is 1.65. The SMILES string of the molecule is COC(=O)NC(C(=O)N1CCC[C@H]1c1ncc(-c2cnc(-c3ccc(-c4nc([C@@H]5CCCN5C(=O)[C@H](NC(=O)OC)c5ccccc5)[nH]c4C(F)(F)F)cc3)nc2)[nH]1)c1ccccc1. The van der Waals surface area contributed by atoms with Crippen LogP contribution in [0.3, 0.4) is 0 Å². The molecule has 330 valence electrons. The number of carbonyl (C=O) groups is 4. The third kappa shape index (κ3) is 9.00. The van der Waals surface area contributed by atoms with E-state index in [4.69, 9.17) is 9.47 Å². The predicted octanol–water partition coefficient (Wildman–Crippen LogP) is 7.46. The minimum Gasteiger partial charge on any atom is -0.453 e. The number of rotatable bonds is 11. The molecule has 8 rings (SSSR count). The maximum absolute atomic E-state index is 14.6. The van der Waals surface area contributed by atoms with E-state index in [2.05, 4.69) is 40.5 Å². The fourth-order valence-electron chi connectivity index (χ4n) is 8.19. The van der Waals surface area contributed by atoms with Gasteiger partial charge in [0.15, 0.2) is 5.82 Å². The van der Waals surface area contributed by atoms with Crippen molar-refractivity contribution in [2.45, 2.75) is 56.0 Å². The number of amides is 4. The summed E-state index contributed by atoms with van der Waals surface area (Å²) >= 11 is 0. The first-order chi connectivity index (χ1) is 30.9. The quantitative estimate of drug-likeness (QED) is 0.101. The predicted molar refractivity (Wildman–Crippen MR) is 224 cm³/mol. The lowest BCUT2D eigenvalue weighted by Crippen LogP contribution is -2.42. The Hall–Kier alpha value is -7.57. The van der Waals surface area contributed by atoms with E-state index in [1.807, 2.05) is 6.07 Å². The van der Waals surface area contributed by atoms with Crippen molar-refractivity contribution in [3.8, 4) is 33.9 Å². The van der Waals surface area contributed by atoms with Crippen LogP contribution in [-0.4, -0.2) is 91.0 Å². The number of hydrogen-bond acceptors (Lipinski definition) is 10.